The number of hydrogen-bond acceptors (Lipinski definition) is 5. The number of aromatic amines is 1. The molecule has 6 heteroatoms. The summed E-state index contributed by atoms with van der Waals surface area (Å²) in [5.74, 6) is 2.27. The van der Waals surface area contributed by atoms with Gasteiger partial charge < -0.3 is 14.6 Å². The van der Waals surface area contributed by atoms with Crippen LogP contribution in [-0.2, 0) is 11.3 Å². The van der Waals surface area contributed by atoms with Crippen molar-refractivity contribution < 1.29 is 4.74 Å². The number of H-pyrrole nitrogens is 1. The van der Waals surface area contributed by atoms with Crippen LogP contribution in [0.4, 0.5) is 5.82 Å². The van der Waals surface area contributed by atoms with Crippen LogP contribution in [0, 0.1) is 5.92 Å². The first-order chi connectivity index (χ1) is 11.2. The molecule has 1 aromatic heterocycles. The molecule has 1 aromatic rings. The summed E-state index contributed by atoms with van der Waals surface area (Å²) in [6.07, 6.45) is 5.40. The number of ether oxygens (including phenoxy) is 1. The first-order valence-electron chi connectivity index (χ1n) is 8.74. The number of nitrogens with one attached hydrogen (secondary N) is 1. The second-order valence-electron chi connectivity index (χ2n) is 6.92. The minimum absolute atomic E-state index is 0.106. The fraction of sp³-hybridized carbons (Fsp3) is 0.765. The van der Waals surface area contributed by atoms with E-state index in [1.54, 1.807) is 13.2 Å². The molecule has 1 saturated carbocycles. The molecule has 0 bridgehead atoms. The van der Waals surface area contributed by atoms with Gasteiger partial charge in [-0.05, 0) is 31.6 Å². The molecule has 23 heavy (non-hydrogen) atoms. The van der Waals surface area contributed by atoms with Crippen LogP contribution >= 0.6 is 0 Å². The van der Waals surface area contributed by atoms with Gasteiger partial charge in [-0.1, -0.05) is 6.92 Å². The average Bonchev–Trinajstić information content (AvgIpc) is 2.55. The Labute approximate surface area is 137 Å². The molecule has 1 saturated heterocycles. The zero-order valence-corrected chi connectivity index (χ0v) is 14.3. The lowest BCUT2D eigenvalue weighted by Crippen LogP contribution is -2.51. The van der Waals surface area contributed by atoms with Gasteiger partial charge in [0.1, 0.15) is 18.2 Å². The van der Waals surface area contributed by atoms with Crippen LogP contribution in [0.15, 0.2) is 10.9 Å². The van der Waals surface area contributed by atoms with Crippen LogP contribution in [0.5, 0.6) is 0 Å². The van der Waals surface area contributed by atoms with Crippen LogP contribution in [-0.4, -0.2) is 54.2 Å². The van der Waals surface area contributed by atoms with E-state index < -0.39 is 0 Å². The number of nitrogens with zero attached hydrogens (tertiary/aromatic N) is 3. The van der Waals surface area contributed by atoms with Crippen molar-refractivity contribution in [3.8, 4) is 0 Å². The van der Waals surface area contributed by atoms with E-state index in [1.807, 2.05) is 0 Å². The molecule has 1 aliphatic carbocycles. The van der Waals surface area contributed by atoms with E-state index in [9.17, 15) is 4.79 Å². The summed E-state index contributed by atoms with van der Waals surface area (Å²) in [4.78, 5) is 23.9. The molecule has 0 aromatic carbocycles. The quantitative estimate of drug-likeness (QED) is 0.913. The molecule has 6 nitrogen and oxygen atoms in total. The molecule has 1 aliphatic heterocycles. The summed E-state index contributed by atoms with van der Waals surface area (Å²) in [7, 11) is 1.61. The molecular weight excluding hydrogens is 292 g/mol. The summed E-state index contributed by atoms with van der Waals surface area (Å²) in [6.45, 7) is 6.71. The van der Waals surface area contributed by atoms with Gasteiger partial charge in [-0.25, -0.2) is 4.98 Å². The maximum atomic E-state index is 11.8. The topological polar surface area (TPSA) is 61.5 Å². The number of aromatic nitrogens is 2. The first-order valence-corrected chi connectivity index (χ1v) is 8.74. The molecule has 0 amide bonds. The molecule has 1 N–H and O–H groups in total. The van der Waals surface area contributed by atoms with Crippen molar-refractivity contribution in [2.75, 3.05) is 38.2 Å². The molecule has 0 unspecified atom stereocenters. The van der Waals surface area contributed by atoms with Crippen LogP contribution in [0.1, 0.15) is 38.4 Å². The molecule has 2 aliphatic rings. The van der Waals surface area contributed by atoms with Gasteiger partial charge in [-0.2, -0.15) is 0 Å². The summed E-state index contributed by atoms with van der Waals surface area (Å²) in [5, 5.41) is 0. The highest BCUT2D eigenvalue weighted by Crippen LogP contribution is 2.28. The van der Waals surface area contributed by atoms with Crippen molar-refractivity contribution in [1.29, 1.82) is 0 Å². The lowest BCUT2D eigenvalue weighted by Gasteiger charge is -2.42. The summed E-state index contributed by atoms with van der Waals surface area (Å²) in [6, 6.07) is 2.35. The molecule has 128 valence electrons. The van der Waals surface area contributed by atoms with Crippen molar-refractivity contribution in [2.45, 2.75) is 45.3 Å². The highest BCUT2D eigenvalue weighted by Gasteiger charge is 2.27. The fourth-order valence-corrected chi connectivity index (χ4v) is 3.78. The van der Waals surface area contributed by atoms with Gasteiger partial charge >= 0.3 is 0 Å². The third-order valence-electron chi connectivity index (χ3n) is 5.20. The van der Waals surface area contributed by atoms with E-state index in [0.717, 1.165) is 44.0 Å². The van der Waals surface area contributed by atoms with Crippen molar-refractivity contribution in [1.82, 2.24) is 14.9 Å². The second kappa shape index (κ2) is 7.45. The molecule has 2 heterocycles. The Kier molecular flexibility index (Phi) is 5.33. The van der Waals surface area contributed by atoms with E-state index in [4.69, 9.17) is 4.74 Å². The van der Waals surface area contributed by atoms with E-state index in [0.29, 0.717) is 12.4 Å². The Balaban J connectivity index is 1.59. The molecular formula is C17H28N4O2. The minimum atomic E-state index is -0.106. The summed E-state index contributed by atoms with van der Waals surface area (Å²) >= 11 is 0. The summed E-state index contributed by atoms with van der Waals surface area (Å²) in [5.41, 5.74) is -0.106. The number of hydrogen-bond donors (Lipinski definition) is 1. The van der Waals surface area contributed by atoms with Crippen molar-refractivity contribution in [3.63, 3.8) is 0 Å². The second-order valence-corrected chi connectivity index (χ2v) is 6.92. The van der Waals surface area contributed by atoms with Gasteiger partial charge in [0.05, 0.1) is 0 Å². The Hall–Kier alpha value is -1.40. The molecule has 2 fully saturated rings. The SMILES string of the molecule is COCc1nc(N2CCN(C3CCC(C)CC3)CC2)cc(=O)[nH]1. The molecule has 0 atom stereocenters. The van der Waals surface area contributed by atoms with Gasteiger partial charge in [0.2, 0.25) is 0 Å². The summed E-state index contributed by atoms with van der Waals surface area (Å²) < 4.78 is 5.07. The number of anilines is 1. The minimum Gasteiger partial charge on any atom is -0.377 e. The smallest absolute Gasteiger partial charge is 0.253 e. The average molecular weight is 320 g/mol. The number of piperazine rings is 1. The predicted molar refractivity (Wildman–Crippen MR) is 90.8 cm³/mol. The van der Waals surface area contributed by atoms with Gasteiger partial charge in [-0.3, -0.25) is 9.69 Å². The van der Waals surface area contributed by atoms with E-state index in [-0.39, 0.29) is 5.56 Å². The third kappa shape index (κ3) is 4.12. The Bertz CT molecular complexity index is 558. The van der Waals surface area contributed by atoms with Crippen molar-refractivity contribution in [2.24, 2.45) is 5.92 Å². The number of rotatable bonds is 4. The van der Waals surface area contributed by atoms with Crippen molar-refractivity contribution >= 4 is 5.82 Å². The largest absolute Gasteiger partial charge is 0.377 e. The lowest BCUT2D eigenvalue weighted by atomic mass is 9.86. The van der Waals surface area contributed by atoms with Gasteiger partial charge in [-0.15, -0.1) is 0 Å². The van der Waals surface area contributed by atoms with Gasteiger partial charge in [0.15, 0.2) is 0 Å². The zero-order chi connectivity index (χ0) is 16.2. The Morgan fingerprint density at radius 2 is 1.91 bits per heavy atom. The van der Waals surface area contributed by atoms with Crippen LogP contribution < -0.4 is 10.5 Å². The highest BCUT2D eigenvalue weighted by molar-refractivity contribution is 5.38. The maximum Gasteiger partial charge on any atom is 0.253 e. The third-order valence-corrected chi connectivity index (χ3v) is 5.20. The van der Waals surface area contributed by atoms with E-state index in [1.165, 1.54) is 25.7 Å². The molecule has 0 radical (unpaired) electrons. The van der Waals surface area contributed by atoms with E-state index >= 15 is 0 Å². The van der Waals surface area contributed by atoms with Gasteiger partial charge in [0, 0.05) is 45.4 Å². The first kappa shape index (κ1) is 16.5. The maximum absolute atomic E-state index is 11.8. The van der Waals surface area contributed by atoms with Gasteiger partial charge in [0.25, 0.3) is 5.56 Å². The Morgan fingerprint density at radius 1 is 1.22 bits per heavy atom. The van der Waals surface area contributed by atoms with Crippen molar-refractivity contribution in [3.05, 3.63) is 22.2 Å². The Morgan fingerprint density at radius 3 is 2.57 bits per heavy atom. The van der Waals surface area contributed by atoms with Crippen LogP contribution in [0.2, 0.25) is 0 Å². The van der Waals surface area contributed by atoms with Crippen LogP contribution in [0.3, 0.4) is 0 Å². The van der Waals surface area contributed by atoms with E-state index in [2.05, 4.69) is 26.7 Å². The zero-order valence-electron chi connectivity index (χ0n) is 14.3. The van der Waals surface area contributed by atoms with Crippen LogP contribution in [0.25, 0.3) is 0 Å². The standard InChI is InChI=1S/C17H28N4O2/c1-13-3-5-14(6-4-13)20-7-9-21(10-8-20)16-11-17(22)19-15(18-16)12-23-2/h11,13-14H,3-10,12H2,1-2H3,(H,18,19,22). The molecule has 0 spiro atoms. The normalized spacial score (nSPS) is 26.4. The monoisotopic (exact) mass is 320 g/mol. The lowest BCUT2D eigenvalue weighted by molar-refractivity contribution is 0.132. The molecule has 3 rings (SSSR count). The predicted octanol–water partition coefficient (Wildman–Crippen LogP) is 1.62. The highest BCUT2D eigenvalue weighted by atomic mass is 16.5. The fourth-order valence-electron chi connectivity index (χ4n) is 3.78. The number of methoxy groups -OCH3 is 1.